The molecule has 4 heteroatoms. The average molecular weight is 332 g/mol. The van der Waals surface area contributed by atoms with Crippen molar-refractivity contribution in [3.05, 3.63) is 20.8 Å². The molecule has 102 valence electrons. The topological polar surface area (TPSA) is 29.1 Å². The van der Waals surface area contributed by atoms with Gasteiger partial charge < -0.3 is 5.32 Å². The van der Waals surface area contributed by atoms with Crippen LogP contribution in [0.2, 0.25) is 0 Å². The summed E-state index contributed by atoms with van der Waals surface area (Å²) in [6, 6.07) is 2.01. The third kappa shape index (κ3) is 6.01. The van der Waals surface area contributed by atoms with Gasteiger partial charge in [0.1, 0.15) is 0 Å². The van der Waals surface area contributed by atoms with E-state index >= 15 is 0 Å². The molecule has 0 aliphatic carbocycles. The van der Waals surface area contributed by atoms with Gasteiger partial charge in [-0.05, 0) is 45.1 Å². The van der Waals surface area contributed by atoms with E-state index in [-0.39, 0.29) is 11.3 Å². The van der Waals surface area contributed by atoms with Crippen LogP contribution in [0.1, 0.15) is 45.4 Å². The molecule has 18 heavy (non-hydrogen) atoms. The second-order valence-corrected chi connectivity index (χ2v) is 7.90. The zero-order chi connectivity index (χ0) is 13.8. The molecule has 1 aromatic rings. The maximum atomic E-state index is 11.8. The van der Waals surface area contributed by atoms with Gasteiger partial charge in [-0.15, -0.1) is 11.3 Å². The Balaban J connectivity index is 2.32. The lowest BCUT2D eigenvalue weighted by Gasteiger charge is -2.22. The van der Waals surface area contributed by atoms with Crippen LogP contribution in [0.25, 0.3) is 0 Å². The van der Waals surface area contributed by atoms with Crippen molar-refractivity contribution in [1.82, 2.24) is 5.32 Å². The fourth-order valence-corrected chi connectivity index (χ4v) is 3.57. The van der Waals surface area contributed by atoms with Crippen LogP contribution in [-0.4, -0.2) is 5.91 Å². The molecule has 1 heterocycles. The fraction of sp³-hybridized carbons (Fsp3) is 0.643. The molecular formula is C14H22BrNOS. The van der Waals surface area contributed by atoms with Gasteiger partial charge in [-0.25, -0.2) is 0 Å². The van der Waals surface area contributed by atoms with E-state index in [1.807, 2.05) is 11.4 Å². The Labute approximate surface area is 122 Å². The van der Waals surface area contributed by atoms with Gasteiger partial charge in [0, 0.05) is 15.8 Å². The number of hydrogen-bond acceptors (Lipinski definition) is 2. The van der Waals surface area contributed by atoms with Crippen molar-refractivity contribution < 1.29 is 4.79 Å². The lowest BCUT2D eigenvalue weighted by molar-refractivity contribution is -0.122. The number of thiophene rings is 1. The smallest absolute Gasteiger partial charge is 0.220 e. The van der Waals surface area contributed by atoms with Gasteiger partial charge in [-0.1, -0.05) is 27.7 Å². The van der Waals surface area contributed by atoms with Gasteiger partial charge in [-0.3, -0.25) is 4.79 Å². The zero-order valence-corrected chi connectivity index (χ0v) is 14.0. The SMILES string of the molecule is CC(CC(=O)NCc1sccc1Br)CC(C)(C)C. The molecule has 1 aromatic heterocycles. The highest BCUT2D eigenvalue weighted by molar-refractivity contribution is 9.10. The van der Waals surface area contributed by atoms with Gasteiger partial charge in [0.05, 0.1) is 6.54 Å². The maximum absolute atomic E-state index is 11.8. The molecule has 0 bridgehead atoms. The van der Waals surface area contributed by atoms with Gasteiger partial charge in [0.15, 0.2) is 0 Å². The van der Waals surface area contributed by atoms with E-state index in [0.717, 1.165) is 10.9 Å². The Morgan fingerprint density at radius 1 is 1.50 bits per heavy atom. The molecule has 2 nitrogen and oxygen atoms in total. The summed E-state index contributed by atoms with van der Waals surface area (Å²) in [4.78, 5) is 13.0. The molecule has 0 fully saturated rings. The second-order valence-electron chi connectivity index (χ2n) is 6.04. The Morgan fingerprint density at radius 2 is 2.17 bits per heavy atom. The van der Waals surface area contributed by atoms with E-state index in [1.165, 1.54) is 4.88 Å². The van der Waals surface area contributed by atoms with Crippen LogP contribution in [0.4, 0.5) is 0 Å². The molecule has 0 saturated heterocycles. The first-order chi connectivity index (χ1) is 8.28. The average Bonchev–Trinajstić information content (AvgIpc) is 2.57. The summed E-state index contributed by atoms with van der Waals surface area (Å²) in [7, 11) is 0. The molecule has 1 amide bonds. The fourth-order valence-electron chi connectivity index (χ4n) is 2.14. The van der Waals surface area contributed by atoms with Crippen LogP contribution >= 0.6 is 27.3 Å². The Bertz CT molecular complexity index is 395. The van der Waals surface area contributed by atoms with Crippen molar-refractivity contribution in [2.75, 3.05) is 0 Å². The minimum atomic E-state index is 0.145. The lowest BCUT2D eigenvalue weighted by Crippen LogP contribution is -2.25. The second kappa shape index (κ2) is 6.71. The normalized spacial score (nSPS) is 13.4. The first kappa shape index (κ1) is 15.7. The summed E-state index contributed by atoms with van der Waals surface area (Å²) in [6.45, 7) is 9.41. The number of carbonyl (C=O) groups is 1. The van der Waals surface area contributed by atoms with Crippen LogP contribution in [0.15, 0.2) is 15.9 Å². The summed E-state index contributed by atoms with van der Waals surface area (Å²) < 4.78 is 1.08. The molecule has 0 spiro atoms. The molecule has 0 aliphatic heterocycles. The first-order valence-electron chi connectivity index (χ1n) is 6.26. The number of amides is 1. The van der Waals surface area contributed by atoms with Crippen LogP contribution in [0.3, 0.4) is 0 Å². The van der Waals surface area contributed by atoms with E-state index in [1.54, 1.807) is 11.3 Å². The Hall–Kier alpha value is -0.350. The van der Waals surface area contributed by atoms with Crippen molar-refractivity contribution in [3.63, 3.8) is 0 Å². The van der Waals surface area contributed by atoms with E-state index in [4.69, 9.17) is 0 Å². The van der Waals surface area contributed by atoms with Gasteiger partial charge in [0.25, 0.3) is 0 Å². The maximum Gasteiger partial charge on any atom is 0.220 e. The van der Waals surface area contributed by atoms with Crippen molar-refractivity contribution in [1.29, 1.82) is 0 Å². The first-order valence-corrected chi connectivity index (χ1v) is 7.94. The van der Waals surface area contributed by atoms with E-state index < -0.39 is 0 Å². The number of carbonyl (C=O) groups excluding carboxylic acids is 1. The number of rotatable bonds is 5. The van der Waals surface area contributed by atoms with Crippen LogP contribution in [0.5, 0.6) is 0 Å². The number of halogens is 1. The quantitative estimate of drug-likeness (QED) is 0.839. The highest BCUT2D eigenvalue weighted by Crippen LogP contribution is 2.26. The van der Waals surface area contributed by atoms with Crippen LogP contribution < -0.4 is 5.32 Å². The van der Waals surface area contributed by atoms with Crippen LogP contribution in [0, 0.1) is 11.3 Å². The summed E-state index contributed by atoms with van der Waals surface area (Å²) in [5.74, 6) is 0.573. The third-order valence-corrected chi connectivity index (χ3v) is 4.56. The van der Waals surface area contributed by atoms with E-state index in [0.29, 0.717) is 18.9 Å². The molecule has 0 saturated carbocycles. The van der Waals surface area contributed by atoms with Gasteiger partial charge >= 0.3 is 0 Å². The monoisotopic (exact) mass is 331 g/mol. The lowest BCUT2D eigenvalue weighted by atomic mass is 9.84. The Kier molecular flexibility index (Phi) is 5.86. The predicted molar refractivity (Wildman–Crippen MR) is 81.7 cm³/mol. The van der Waals surface area contributed by atoms with Crippen molar-refractivity contribution in [2.24, 2.45) is 11.3 Å². The standard InChI is InChI=1S/C14H22BrNOS/c1-10(8-14(2,3)4)7-13(17)16-9-12-11(15)5-6-18-12/h5-6,10H,7-9H2,1-4H3,(H,16,17). The molecule has 0 aromatic carbocycles. The van der Waals surface area contributed by atoms with Gasteiger partial charge in [0.2, 0.25) is 5.91 Å². The minimum absolute atomic E-state index is 0.145. The predicted octanol–water partition coefficient (Wildman–Crippen LogP) is 4.59. The molecule has 1 unspecified atom stereocenters. The number of nitrogens with one attached hydrogen (secondary N) is 1. The van der Waals surface area contributed by atoms with Gasteiger partial charge in [-0.2, -0.15) is 0 Å². The third-order valence-electron chi connectivity index (χ3n) is 2.63. The van der Waals surface area contributed by atoms with Crippen molar-refractivity contribution in [3.8, 4) is 0 Å². The van der Waals surface area contributed by atoms with Crippen molar-refractivity contribution >= 4 is 33.2 Å². The Morgan fingerprint density at radius 3 is 2.67 bits per heavy atom. The minimum Gasteiger partial charge on any atom is -0.351 e. The molecular weight excluding hydrogens is 310 g/mol. The van der Waals surface area contributed by atoms with Crippen molar-refractivity contribution in [2.45, 2.75) is 47.1 Å². The van der Waals surface area contributed by atoms with Crippen LogP contribution in [-0.2, 0) is 11.3 Å². The largest absolute Gasteiger partial charge is 0.351 e. The molecule has 1 atom stereocenters. The summed E-state index contributed by atoms with van der Waals surface area (Å²) >= 11 is 5.12. The number of hydrogen-bond donors (Lipinski definition) is 1. The van der Waals surface area contributed by atoms with E-state index in [2.05, 4.69) is 48.9 Å². The molecule has 0 radical (unpaired) electrons. The highest BCUT2D eigenvalue weighted by atomic mass is 79.9. The molecule has 1 rings (SSSR count). The summed E-state index contributed by atoms with van der Waals surface area (Å²) in [5, 5.41) is 5.01. The zero-order valence-electron chi connectivity index (χ0n) is 11.5. The van der Waals surface area contributed by atoms with E-state index in [9.17, 15) is 4.79 Å². The molecule has 0 aliphatic rings. The summed E-state index contributed by atoms with van der Waals surface area (Å²) in [5.41, 5.74) is 0.288. The highest BCUT2D eigenvalue weighted by Gasteiger charge is 2.17. The summed E-state index contributed by atoms with van der Waals surface area (Å²) in [6.07, 6.45) is 1.68. The molecule has 1 N–H and O–H groups in total.